The van der Waals surface area contributed by atoms with E-state index < -0.39 is 9.84 Å². The quantitative estimate of drug-likeness (QED) is 0.585. The number of hydrogen-bond acceptors (Lipinski definition) is 4. The predicted molar refractivity (Wildman–Crippen MR) is 110 cm³/mol. The van der Waals surface area contributed by atoms with Gasteiger partial charge in [-0.15, -0.1) is 0 Å². The van der Waals surface area contributed by atoms with Crippen molar-refractivity contribution in [1.82, 2.24) is 0 Å². The molecule has 3 aromatic carbocycles. The van der Waals surface area contributed by atoms with Gasteiger partial charge in [-0.25, -0.2) is 8.42 Å². The SMILES string of the molecule is CS(=O)(=O)/C(C#N)=C/c1ccc(N(c2ccccc2)c2ccccc2)cc1. The summed E-state index contributed by atoms with van der Waals surface area (Å²) >= 11 is 0. The molecule has 3 aromatic rings. The minimum absolute atomic E-state index is 0.252. The number of rotatable bonds is 5. The average Bonchev–Trinajstić information content (AvgIpc) is 2.68. The summed E-state index contributed by atoms with van der Waals surface area (Å²) < 4.78 is 23.2. The van der Waals surface area contributed by atoms with Crippen LogP contribution in [0.3, 0.4) is 0 Å². The van der Waals surface area contributed by atoms with Crippen molar-refractivity contribution in [3.8, 4) is 6.07 Å². The van der Waals surface area contributed by atoms with E-state index >= 15 is 0 Å². The van der Waals surface area contributed by atoms with Gasteiger partial charge in [0.15, 0.2) is 9.84 Å². The maximum absolute atomic E-state index is 11.6. The molecule has 0 spiro atoms. The number of anilines is 3. The number of nitrogens with zero attached hydrogens (tertiary/aromatic N) is 2. The summed E-state index contributed by atoms with van der Waals surface area (Å²) in [5.74, 6) is 0. The van der Waals surface area contributed by atoms with Crippen LogP contribution in [0.5, 0.6) is 0 Å². The van der Waals surface area contributed by atoms with Crippen LogP contribution in [0.4, 0.5) is 17.1 Å². The normalized spacial score (nSPS) is 11.6. The summed E-state index contributed by atoms with van der Waals surface area (Å²) in [5, 5.41) is 9.06. The van der Waals surface area contributed by atoms with Gasteiger partial charge in [-0.05, 0) is 48.0 Å². The fourth-order valence-corrected chi connectivity index (χ4v) is 3.21. The lowest BCUT2D eigenvalue weighted by Gasteiger charge is -2.25. The van der Waals surface area contributed by atoms with Crippen LogP contribution < -0.4 is 4.90 Å². The highest BCUT2D eigenvalue weighted by molar-refractivity contribution is 7.95. The molecule has 3 rings (SSSR count). The second-order valence-corrected chi connectivity index (χ2v) is 7.97. The second kappa shape index (κ2) is 7.90. The number of nitriles is 1. The Bertz CT molecular complexity index is 1040. The zero-order chi connectivity index (χ0) is 19.3. The molecule has 0 fully saturated rings. The molecule has 5 heteroatoms. The molecule has 4 nitrogen and oxygen atoms in total. The van der Waals surface area contributed by atoms with Gasteiger partial charge in [0.2, 0.25) is 0 Å². The fraction of sp³-hybridized carbons (Fsp3) is 0.0455. The first kappa shape index (κ1) is 18.4. The molecule has 0 saturated carbocycles. The van der Waals surface area contributed by atoms with Crippen molar-refractivity contribution < 1.29 is 8.42 Å². The molecule has 0 saturated heterocycles. The highest BCUT2D eigenvalue weighted by atomic mass is 32.2. The van der Waals surface area contributed by atoms with E-state index in [0.717, 1.165) is 23.3 Å². The van der Waals surface area contributed by atoms with Crippen molar-refractivity contribution >= 4 is 33.0 Å². The van der Waals surface area contributed by atoms with E-state index in [2.05, 4.69) is 4.90 Å². The Morgan fingerprint density at radius 3 is 1.67 bits per heavy atom. The van der Waals surface area contributed by atoms with Crippen LogP contribution in [0.2, 0.25) is 0 Å². The third-order valence-electron chi connectivity index (χ3n) is 3.99. The number of allylic oxidation sites excluding steroid dienone is 1. The highest BCUT2D eigenvalue weighted by Gasteiger charge is 2.13. The molecule has 0 atom stereocenters. The van der Waals surface area contributed by atoms with Crippen molar-refractivity contribution in [2.24, 2.45) is 0 Å². The van der Waals surface area contributed by atoms with Gasteiger partial charge in [-0.1, -0.05) is 48.5 Å². The molecule has 134 valence electrons. The Morgan fingerprint density at radius 2 is 1.26 bits per heavy atom. The van der Waals surface area contributed by atoms with Crippen molar-refractivity contribution in [1.29, 1.82) is 5.26 Å². The Kier molecular flexibility index (Phi) is 5.39. The Balaban J connectivity index is 2.03. The molecule has 0 heterocycles. The monoisotopic (exact) mass is 374 g/mol. The summed E-state index contributed by atoms with van der Waals surface area (Å²) in [4.78, 5) is 1.85. The highest BCUT2D eigenvalue weighted by Crippen LogP contribution is 2.34. The van der Waals surface area contributed by atoms with Crippen LogP contribution in [0, 0.1) is 11.3 Å². The van der Waals surface area contributed by atoms with E-state index in [-0.39, 0.29) is 4.91 Å². The summed E-state index contributed by atoms with van der Waals surface area (Å²) in [6.45, 7) is 0. The number of sulfone groups is 1. The molecule has 0 radical (unpaired) electrons. The molecular weight excluding hydrogens is 356 g/mol. The molecular formula is C22H18N2O2S. The summed E-state index contributed by atoms with van der Waals surface area (Å²) in [6.07, 6.45) is 2.41. The molecule has 0 N–H and O–H groups in total. The van der Waals surface area contributed by atoms with Gasteiger partial charge in [-0.2, -0.15) is 5.26 Å². The van der Waals surface area contributed by atoms with E-state index in [9.17, 15) is 8.42 Å². The number of hydrogen-bond donors (Lipinski definition) is 0. The molecule has 0 unspecified atom stereocenters. The smallest absolute Gasteiger partial charge is 0.185 e. The molecule has 0 aliphatic carbocycles. The van der Waals surface area contributed by atoms with Crippen molar-refractivity contribution in [2.75, 3.05) is 11.2 Å². The Morgan fingerprint density at radius 1 is 0.815 bits per heavy atom. The molecule has 27 heavy (non-hydrogen) atoms. The standard InChI is InChI=1S/C22H18N2O2S/c1-27(25,26)22(17-23)16-18-12-14-21(15-13-18)24(19-8-4-2-5-9-19)20-10-6-3-7-11-20/h2-16H,1H3/b22-16+. The third kappa shape index (κ3) is 4.43. The molecule has 0 aliphatic rings. The number of para-hydroxylation sites is 2. The first-order valence-electron chi connectivity index (χ1n) is 8.31. The van der Waals surface area contributed by atoms with Crippen LogP contribution in [0.25, 0.3) is 6.08 Å². The van der Waals surface area contributed by atoms with E-state index in [4.69, 9.17) is 5.26 Å². The maximum atomic E-state index is 11.6. The lowest BCUT2D eigenvalue weighted by molar-refractivity contribution is 0.609. The van der Waals surface area contributed by atoms with Gasteiger partial charge in [-0.3, -0.25) is 0 Å². The summed E-state index contributed by atoms with van der Waals surface area (Å²) in [5.41, 5.74) is 3.62. The summed E-state index contributed by atoms with van der Waals surface area (Å²) in [7, 11) is -3.54. The Labute approximate surface area is 159 Å². The van der Waals surface area contributed by atoms with E-state index in [1.165, 1.54) is 6.08 Å². The minimum Gasteiger partial charge on any atom is -0.311 e. The summed E-state index contributed by atoms with van der Waals surface area (Å²) in [6, 6.07) is 29.1. The fourth-order valence-electron chi connectivity index (χ4n) is 2.69. The molecule has 0 aromatic heterocycles. The molecule has 0 bridgehead atoms. The van der Waals surface area contributed by atoms with Crippen LogP contribution in [0.1, 0.15) is 5.56 Å². The largest absolute Gasteiger partial charge is 0.311 e. The lowest BCUT2D eigenvalue weighted by atomic mass is 10.1. The minimum atomic E-state index is -3.54. The van der Waals surface area contributed by atoms with E-state index in [1.807, 2.05) is 72.8 Å². The van der Waals surface area contributed by atoms with Crippen LogP contribution in [0.15, 0.2) is 89.8 Å². The zero-order valence-corrected chi connectivity index (χ0v) is 15.6. The van der Waals surface area contributed by atoms with Gasteiger partial charge in [0.25, 0.3) is 0 Å². The predicted octanol–water partition coefficient (Wildman–Crippen LogP) is 5.07. The van der Waals surface area contributed by atoms with Gasteiger partial charge in [0.1, 0.15) is 11.0 Å². The first-order valence-corrected chi connectivity index (χ1v) is 10.2. The van der Waals surface area contributed by atoms with Crippen LogP contribution in [-0.2, 0) is 9.84 Å². The van der Waals surface area contributed by atoms with E-state index in [0.29, 0.717) is 5.56 Å². The van der Waals surface area contributed by atoms with Crippen molar-refractivity contribution in [3.63, 3.8) is 0 Å². The number of benzene rings is 3. The van der Waals surface area contributed by atoms with Crippen LogP contribution >= 0.6 is 0 Å². The third-order valence-corrected chi connectivity index (χ3v) is 5.00. The topological polar surface area (TPSA) is 61.2 Å². The van der Waals surface area contributed by atoms with Gasteiger partial charge in [0, 0.05) is 23.3 Å². The second-order valence-electron chi connectivity index (χ2n) is 5.99. The van der Waals surface area contributed by atoms with Crippen molar-refractivity contribution in [2.45, 2.75) is 0 Å². The lowest BCUT2D eigenvalue weighted by Crippen LogP contribution is -2.09. The molecule has 0 amide bonds. The first-order chi connectivity index (χ1) is 13.0. The van der Waals surface area contributed by atoms with Crippen molar-refractivity contribution in [3.05, 3.63) is 95.4 Å². The maximum Gasteiger partial charge on any atom is 0.185 e. The van der Waals surface area contributed by atoms with E-state index in [1.54, 1.807) is 18.2 Å². The Hall–Kier alpha value is -3.36. The van der Waals surface area contributed by atoms with Gasteiger partial charge in [0.05, 0.1) is 0 Å². The van der Waals surface area contributed by atoms with Gasteiger partial charge >= 0.3 is 0 Å². The zero-order valence-electron chi connectivity index (χ0n) is 14.8. The van der Waals surface area contributed by atoms with Gasteiger partial charge < -0.3 is 4.90 Å². The molecule has 0 aliphatic heterocycles. The van der Waals surface area contributed by atoms with Crippen LogP contribution in [-0.4, -0.2) is 14.7 Å². The average molecular weight is 374 g/mol.